The number of hydrogen-bond acceptors (Lipinski definition) is 3. The SMILES string of the molecule is CCN(CC)CCN1C(=O)CC[C@@H]2CN(Cc3ccc(-c4ccccc4C)cc3)CC[C@@H]21. The van der Waals surface area contributed by atoms with Gasteiger partial charge < -0.3 is 9.80 Å². The number of aryl methyl sites for hydroxylation is 1. The first-order chi connectivity index (χ1) is 15.6. The summed E-state index contributed by atoms with van der Waals surface area (Å²) < 4.78 is 0. The maximum Gasteiger partial charge on any atom is 0.222 e. The highest BCUT2D eigenvalue weighted by atomic mass is 16.2. The molecule has 0 N–H and O–H groups in total. The van der Waals surface area contributed by atoms with Gasteiger partial charge in [0.25, 0.3) is 0 Å². The third-order valence-corrected chi connectivity index (χ3v) is 7.60. The fraction of sp³-hybridized carbons (Fsp3) is 0.536. The van der Waals surface area contributed by atoms with Crippen molar-refractivity contribution in [2.75, 3.05) is 39.3 Å². The van der Waals surface area contributed by atoms with Gasteiger partial charge in [0.2, 0.25) is 5.91 Å². The second-order valence-electron chi connectivity index (χ2n) is 9.52. The Labute approximate surface area is 194 Å². The van der Waals surface area contributed by atoms with Crippen molar-refractivity contribution in [1.29, 1.82) is 0 Å². The van der Waals surface area contributed by atoms with E-state index in [1.807, 2.05) is 0 Å². The number of fused-ring (bicyclic) bond motifs is 1. The molecule has 2 aliphatic rings. The highest BCUT2D eigenvalue weighted by molar-refractivity contribution is 5.77. The topological polar surface area (TPSA) is 26.8 Å². The van der Waals surface area contributed by atoms with E-state index in [4.69, 9.17) is 0 Å². The van der Waals surface area contributed by atoms with E-state index in [-0.39, 0.29) is 0 Å². The molecule has 0 radical (unpaired) electrons. The lowest BCUT2D eigenvalue weighted by Crippen LogP contribution is -2.57. The maximum absolute atomic E-state index is 12.7. The fourth-order valence-electron chi connectivity index (χ4n) is 5.59. The Hall–Kier alpha value is -2.17. The molecule has 4 nitrogen and oxygen atoms in total. The lowest BCUT2D eigenvalue weighted by molar-refractivity contribution is -0.141. The summed E-state index contributed by atoms with van der Waals surface area (Å²) >= 11 is 0. The summed E-state index contributed by atoms with van der Waals surface area (Å²) in [6.45, 7) is 13.8. The zero-order chi connectivity index (χ0) is 22.5. The molecule has 2 aromatic rings. The summed E-state index contributed by atoms with van der Waals surface area (Å²) in [6.07, 6.45) is 2.88. The molecule has 172 valence electrons. The van der Waals surface area contributed by atoms with Crippen LogP contribution in [0.25, 0.3) is 11.1 Å². The monoisotopic (exact) mass is 433 g/mol. The van der Waals surface area contributed by atoms with Crippen LogP contribution in [0, 0.1) is 12.8 Å². The minimum Gasteiger partial charge on any atom is -0.338 e. The van der Waals surface area contributed by atoms with Crippen LogP contribution in [-0.4, -0.2) is 65.9 Å². The van der Waals surface area contributed by atoms with Gasteiger partial charge in [-0.05, 0) is 61.0 Å². The predicted molar refractivity (Wildman–Crippen MR) is 133 cm³/mol. The molecule has 2 saturated heterocycles. The Balaban J connectivity index is 1.35. The van der Waals surface area contributed by atoms with Gasteiger partial charge >= 0.3 is 0 Å². The number of amides is 1. The van der Waals surface area contributed by atoms with Crippen molar-refractivity contribution >= 4 is 5.91 Å². The minimum absolute atomic E-state index is 0.374. The zero-order valence-corrected chi connectivity index (χ0v) is 20.1. The van der Waals surface area contributed by atoms with Crippen LogP contribution >= 0.6 is 0 Å². The Morgan fingerprint density at radius 3 is 2.47 bits per heavy atom. The standard InChI is InChI=1S/C28H39N3O/c1-4-29(5-2)18-19-31-27-16-17-30(21-25(27)14-15-28(31)32)20-23-10-12-24(13-11-23)26-9-7-6-8-22(26)3/h6-13,25,27H,4-5,14-21H2,1-3H3/t25-,27+/m1/s1. The van der Waals surface area contributed by atoms with Crippen LogP contribution in [0.2, 0.25) is 0 Å². The van der Waals surface area contributed by atoms with E-state index >= 15 is 0 Å². The van der Waals surface area contributed by atoms with E-state index in [1.165, 1.54) is 22.3 Å². The van der Waals surface area contributed by atoms with Crippen molar-refractivity contribution in [3.8, 4) is 11.1 Å². The first kappa shape index (κ1) is 23.0. The van der Waals surface area contributed by atoms with Gasteiger partial charge in [0.15, 0.2) is 0 Å². The number of carbonyl (C=O) groups is 1. The number of benzene rings is 2. The lowest BCUT2D eigenvalue weighted by Gasteiger charge is -2.47. The van der Waals surface area contributed by atoms with Crippen molar-refractivity contribution in [3.63, 3.8) is 0 Å². The highest BCUT2D eigenvalue weighted by Crippen LogP contribution is 2.32. The molecule has 32 heavy (non-hydrogen) atoms. The second kappa shape index (κ2) is 10.6. The zero-order valence-electron chi connectivity index (χ0n) is 20.1. The van der Waals surface area contributed by atoms with Gasteiger partial charge in [0.05, 0.1) is 0 Å². The summed E-state index contributed by atoms with van der Waals surface area (Å²) in [5.74, 6) is 0.989. The normalized spacial score (nSPS) is 21.8. The Morgan fingerprint density at radius 1 is 1.00 bits per heavy atom. The molecule has 0 aliphatic carbocycles. The van der Waals surface area contributed by atoms with Crippen molar-refractivity contribution in [1.82, 2.24) is 14.7 Å². The summed E-state index contributed by atoms with van der Waals surface area (Å²) in [5.41, 5.74) is 5.31. The van der Waals surface area contributed by atoms with E-state index in [1.54, 1.807) is 0 Å². The first-order valence-electron chi connectivity index (χ1n) is 12.5. The molecule has 4 rings (SSSR count). The van der Waals surface area contributed by atoms with Crippen LogP contribution < -0.4 is 0 Å². The number of likely N-dealkylation sites (tertiary alicyclic amines) is 2. The van der Waals surface area contributed by atoms with Gasteiger partial charge in [-0.3, -0.25) is 9.69 Å². The van der Waals surface area contributed by atoms with Crippen LogP contribution in [0.3, 0.4) is 0 Å². The number of hydrogen-bond donors (Lipinski definition) is 0. The minimum atomic E-state index is 0.374. The van der Waals surface area contributed by atoms with Crippen LogP contribution in [0.4, 0.5) is 0 Å². The summed E-state index contributed by atoms with van der Waals surface area (Å²) in [7, 11) is 0. The molecule has 0 saturated carbocycles. The largest absolute Gasteiger partial charge is 0.338 e. The van der Waals surface area contributed by atoms with Crippen molar-refractivity contribution < 1.29 is 4.79 Å². The predicted octanol–water partition coefficient (Wildman–Crippen LogP) is 4.82. The number of carbonyl (C=O) groups excluding carboxylic acids is 1. The molecule has 2 aromatic carbocycles. The van der Waals surface area contributed by atoms with Gasteiger partial charge in [-0.2, -0.15) is 0 Å². The van der Waals surface area contributed by atoms with Crippen LogP contribution in [-0.2, 0) is 11.3 Å². The molecular weight excluding hydrogens is 394 g/mol. The smallest absolute Gasteiger partial charge is 0.222 e. The van der Waals surface area contributed by atoms with Gasteiger partial charge in [-0.1, -0.05) is 62.4 Å². The van der Waals surface area contributed by atoms with Crippen LogP contribution in [0.15, 0.2) is 48.5 Å². The van der Waals surface area contributed by atoms with E-state index in [0.29, 0.717) is 17.9 Å². The molecular formula is C28H39N3O. The highest BCUT2D eigenvalue weighted by Gasteiger charge is 2.39. The van der Waals surface area contributed by atoms with Gasteiger partial charge in [0.1, 0.15) is 0 Å². The number of likely N-dealkylation sites (N-methyl/N-ethyl adjacent to an activating group) is 1. The molecule has 2 heterocycles. The molecule has 0 aromatic heterocycles. The molecule has 2 fully saturated rings. The molecule has 0 spiro atoms. The van der Waals surface area contributed by atoms with Crippen molar-refractivity contribution in [2.45, 2.75) is 52.6 Å². The van der Waals surface area contributed by atoms with E-state index in [0.717, 1.165) is 65.1 Å². The molecule has 2 atom stereocenters. The summed E-state index contributed by atoms with van der Waals surface area (Å²) in [5, 5.41) is 0. The first-order valence-corrected chi connectivity index (χ1v) is 12.5. The van der Waals surface area contributed by atoms with Crippen molar-refractivity contribution in [3.05, 3.63) is 59.7 Å². The molecule has 0 bridgehead atoms. The number of piperidine rings is 2. The van der Waals surface area contributed by atoms with Crippen molar-refractivity contribution in [2.24, 2.45) is 5.92 Å². The number of rotatable bonds is 8. The summed E-state index contributed by atoms with van der Waals surface area (Å²) in [4.78, 5) is 19.9. The fourth-order valence-corrected chi connectivity index (χ4v) is 5.59. The van der Waals surface area contributed by atoms with E-state index < -0.39 is 0 Å². The molecule has 0 unspecified atom stereocenters. The quantitative estimate of drug-likeness (QED) is 0.597. The Kier molecular flexibility index (Phi) is 7.64. The van der Waals surface area contributed by atoms with Crippen LogP contribution in [0.5, 0.6) is 0 Å². The maximum atomic E-state index is 12.7. The van der Waals surface area contributed by atoms with E-state index in [9.17, 15) is 4.79 Å². The van der Waals surface area contributed by atoms with Gasteiger partial charge in [-0.15, -0.1) is 0 Å². The second-order valence-corrected chi connectivity index (χ2v) is 9.52. The summed E-state index contributed by atoms with van der Waals surface area (Å²) in [6, 6.07) is 18.1. The molecule has 1 amide bonds. The average Bonchev–Trinajstić information content (AvgIpc) is 2.82. The Bertz CT molecular complexity index is 890. The van der Waals surface area contributed by atoms with E-state index in [2.05, 4.69) is 84.0 Å². The molecule has 4 heteroatoms. The lowest BCUT2D eigenvalue weighted by atomic mass is 9.83. The van der Waals surface area contributed by atoms with Gasteiger partial charge in [0, 0.05) is 45.2 Å². The molecule has 2 aliphatic heterocycles. The van der Waals surface area contributed by atoms with Gasteiger partial charge in [-0.25, -0.2) is 0 Å². The third kappa shape index (κ3) is 5.24. The third-order valence-electron chi connectivity index (χ3n) is 7.60. The Morgan fingerprint density at radius 2 is 1.75 bits per heavy atom. The average molecular weight is 434 g/mol. The van der Waals surface area contributed by atoms with Crippen LogP contribution in [0.1, 0.15) is 44.2 Å². The number of nitrogens with zero attached hydrogens (tertiary/aromatic N) is 3.